The zero-order valence-electron chi connectivity index (χ0n) is 33.2. The number of furan rings is 1. The molecule has 2 aromatic heterocycles. The molecule has 286 valence electrons. The van der Waals surface area contributed by atoms with Gasteiger partial charge in [0.2, 0.25) is 0 Å². The molecule has 0 saturated heterocycles. The van der Waals surface area contributed by atoms with E-state index in [0.717, 1.165) is 66.9 Å². The second kappa shape index (κ2) is 14.3. The molecule has 12 rings (SSSR count). The number of para-hydroxylation sites is 3. The van der Waals surface area contributed by atoms with Crippen LogP contribution >= 0.6 is 0 Å². The van der Waals surface area contributed by atoms with Crippen molar-refractivity contribution in [2.24, 2.45) is 0 Å². The molecule has 0 saturated carbocycles. The molecule has 0 bridgehead atoms. The molecule has 0 unspecified atom stereocenters. The summed E-state index contributed by atoms with van der Waals surface area (Å²) in [5, 5.41) is 7.27. The first-order chi connectivity index (χ1) is 30.2. The molecular formula is C58H38N2O. The summed E-state index contributed by atoms with van der Waals surface area (Å²) in [5.41, 5.74) is 15.5. The highest BCUT2D eigenvalue weighted by Gasteiger charge is 2.17. The van der Waals surface area contributed by atoms with Gasteiger partial charge in [-0.25, -0.2) is 0 Å². The van der Waals surface area contributed by atoms with E-state index in [1.165, 1.54) is 43.7 Å². The Morgan fingerprint density at radius 1 is 0.295 bits per heavy atom. The molecule has 12 aromatic rings. The van der Waals surface area contributed by atoms with Crippen molar-refractivity contribution >= 4 is 71.6 Å². The third kappa shape index (κ3) is 6.06. The standard InChI is InChI=1S/C58H38N2O/c1-2-12-42-36-45(24-23-39(42)11-1)41-27-32-48(33-28-41)59(49-15-10-16-50(38-49)60-55-20-6-3-17-51(55)52-18-4-7-21-56(52)60)47-30-25-40(26-31-47)43-13-9-14-44(35-43)46-29-34-54-53-19-5-8-22-57(53)61-58(54)37-46/h1-38H. The van der Waals surface area contributed by atoms with Crippen molar-refractivity contribution in [3.8, 4) is 39.1 Å². The lowest BCUT2D eigenvalue weighted by atomic mass is 9.98. The minimum Gasteiger partial charge on any atom is -0.456 e. The Morgan fingerprint density at radius 3 is 1.54 bits per heavy atom. The quantitative estimate of drug-likeness (QED) is 0.161. The number of rotatable bonds is 7. The lowest BCUT2D eigenvalue weighted by Crippen LogP contribution is -2.10. The molecule has 0 amide bonds. The lowest BCUT2D eigenvalue weighted by Gasteiger charge is -2.26. The van der Waals surface area contributed by atoms with Crippen LogP contribution in [0.15, 0.2) is 235 Å². The summed E-state index contributed by atoms with van der Waals surface area (Å²) < 4.78 is 8.63. The van der Waals surface area contributed by atoms with Crippen LogP contribution in [0, 0.1) is 0 Å². The molecule has 0 aliphatic carbocycles. The van der Waals surface area contributed by atoms with Crippen LogP contribution in [0.25, 0.3) is 93.6 Å². The van der Waals surface area contributed by atoms with Gasteiger partial charge in [-0.3, -0.25) is 0 Å². The maximum atomic E-state index is 6.24. The van der Waals surface area contributed by atoms with Crippen molar-refractivity contribution < 1.29 is 4.42 Å². The summed E-state index contributed by atoms with van der Waals surface area (Å²) in [6.45, 7) is 0. The molecule has 61 heavy (non-hydrogen) atoms. The predicted molar refractivity (Wildman–Crippen MR) is 257 cm³/mol. The largest absolute Gasteiger partial charge is 0.456 e. The number of anilines is 3. The van der Waals surface area contributed by atoms with E-state index in [4.69, 9.17) is 4.42 Å². The summed E-state index contributed by atoms with van der Waals surface area (Å²) in [6.07, 6.45) is 0. The fourth-order valence-corrected chi connectivity index (χ4v) is 9.18. The molecule has 2 heterocycles. The predicted octanol–water partition coefficient (Wildman–Crippen LogP) is 16.3. The maximum Gasteiger partial charge on any atom is 0.136 e. The average molecular weight is 779 g/mol. The molecule has 0 spiro atoms. The Hall–Kier alpha value is -8.14. The second-order valence-corrected chi connectivity index (χ2v) is 15.8. The second-order valence-electron chi connectivity index (χ2n) is 15.8. The van der Waals surface area contributed by atoms with Crippen molar-refractivity contribution in [2.75, 3.05) is 4.90 Å². The van der Waals surface area contributed by atoms with Crippen molar-refractivity contribution in [1.82, 2.24) is 4.57 Å². The van der Waals surface area contributed by atoms with Gasteiger partial charge in [-0.05, 0) is 129 Å². The number of aromatic nitrogens is 1. The molecule has 10 aromatic carbocycles. The minimum absolute atomic E-state index is 0.904. The SMILES string of the molecule is c1cc(-c2ccc(N(c3ccc(-c4ccc5ccccc5c4)cc3)c3cccc(-n4c5ccccc5c5ccccc54)c3)cc2)cc(-c2ccc3c(c2)oc2ccccc23)c1. The normalized spacial score (nSPS) is 11.6. The van der Waals surface area contributed by atoms with E-state index in [1.807, 2.05) is 12.1 Å². The average Bonchev–Trinajstić information content (AvgIpc) is 3.88. The first kappa shape index (κ1) is 34.9. The first-order valence-electron chi connectivity index (χ1n) is 20.8. The van der Waals surface area contributed by atoms with Gasteiger partial charge in [0.25, 0.3) is 0 Å². The number of benzene rings is 10. The monoisotopic (exact) mass is 778 g/mol. The molecule has 0 radical (unpaired) electrons. The van der Waals surface area contributed by atoms with Crippen molar-refractivity contribution in [1.29, 1.82) is 0 Å². The fraction of sp³-hybridized carbons (Fsp3) is 0. The Morgan fingerprint density at radius 2 is 0.820 bits per heavy atom. The maximum absolute atomic E-state index is 6.24. The van der Waals surface area contributed by atoms with Gasteiger partial charge in [0.15, 0.2) is 0 Å². The Bertz CT molecular complexity index is 3540. The van der Waals surface area contributed by atoms with Crippen LogP contribution in [-0.2, 0) is 0 Å². The zero-order chi connectivity index (χ0) is 40.3. The van der Waals surface area contributed by atoms with Crippen LogP contribution in [0.3, 0.4) is 0 Å². The summed E-state index contributed by atoms with van der Waals surface area (Å²) in [4.78, 5) is 2.37. The van der Waals surface area contributed by atoms with Crippen LogP contribution in [0.5, 0.6) is 0 Å². The Balaban J connectivity index is 0.938. The van der Waals surface area contributed by atoms with Crippen molar-refractivity contribution in [3.63, 3.8) is 0 Å². The van der Waals surface area contributed by atoms with Gasteiger partial charge in [-0.15, -0.1) is 0 Å². The summed E-state index contributed by atoms with van der Waals surface area (Å²) >= 11 is 0. The highest BCUT2D eigenvalue weighted by molar-refractivity contribution is 6.09. The number of nitrogens with zero attached hydrogens (tertiary/aromatic N) is 2. The lowest BCUT2D eigenvalue weighted by molar-refractivity contribution is 0.669. The molecular weight excluding hydrogens is 741 g/mol. The summed E-state index contributed by atoms with van der Waals surface area (Å²) in [5.74, 6) is 0. The first-order valence-corrected chi connectivity index (χ1v) is 20.8. The number of fused-ring (bicyclic) bond motifs is 7. The highest BCUT2D eigenvalue weighted by Crippen LogP contribution is 2.40. The van der Waals surface area contributed by atoms with E-state index in [2.05, 4.69) is 228 Å². The van der Waals surface area contributed by atoms with Gasteiger partial charge in [0.1, 0.15) is 11.2 Å². The summed E-state index contributed by atoms with van der Waals surface area (Å²) in [6, 6.07) is 83.0. The summed E-state index contributed by atoms with van der Waals surface area (Å²) in [7, 11) is 0. The molecule has 0 fully saturated rings. The number of hydrogen-bond acceptors (Lipinski definition) is 2. The minimum atomic E-state index is 0.904. The van der Waals surface area contributed by atoms with E-state index in [1.54, 1.807) is 0 Å². The van der Waals surface area contributed by atoms with Gasteiger partial charge in [-0.1, -0.05) is 146 Å². The van der Waals surface area contributed by atoms with E-state index in [-0.39, 0.29) is 0 Å². The third-order valence-electron chi connectivity index (χ3n) is 12.2. The smallest absolute Gasteiger partial charge is 0.136 e. The molecule has 0 N–H and O–H groups in total. The van der Waals surface area contributed by atoms with E-state index >= 15 is 0 Å². The molecule has 0 aliphatic heterocycles. The van der Waals surface area contributed by atoms with E-state index in [9.17, 15) is 0 Å². The van der Waals surface area contributed by atoms with Crippen molar-refractivity contribution in [2.45, 2.75) is 0 Å². The van der Waals surface area contributed by atoms with E-state index in [0.29, 0.717) is 0 Å². The van der Waals surface area contributed by atoms with Gasteiger partial charge in [0, 0.05) is 44.3 Å². The molecule has 0 aliphatic rings. The van der Waals surface area contributed by atoms with Crippen LogP contribution < -0.4 is 4.90 Å². The fourth-order valence-electron chi connectivity index (χ4n) is 9.18. The Labute approximate surface area is 353 Å². The zero-order valence-corrected chi connectivity index (χ0v) is 33.2. The van der Waals surface area contributed by atoms with Gasteiger partial charge < -0.3 is 13.9 Å². The van der Waals surface area contributed by atoms with E-state index < -0.39 is 0 Å². The van der Waals surface area contributed by atoms with Gasteiger partial charge >= 0.3 is 0 Å². The third-order valence-corrected chi connectivity index (χ3v) is 12.2. The number of hydrogen-bond donors (Lipinski definition) is 0. The van der Waals surface area contributed by atoms with Crippen LogP contribution in [-0.4, -0.2) is 4.57 Å². The molecule has 3 heteroatoms. The molecule has 3 nitrogen and oxygen atoms in total. The molecule has 0 atom stereocenters. The van der Waals surface area contributed by atoms with Crippen molar-refractivity contribution in [3.05, 3.63) is 231 Å². The topological polar surface area (TPSA) is 21.3 Å². The van der Waals surface area contributed by atoms with Crippen LogP contribution in [0.1, 0.15) is 0 Å². The van der Waals surface area contributed by atoms with Gasteiger partial charge in [-0.2, -0.15) is 0 Å². The van der Waals surface area contributed by atoms with Gasteiger partial charge in [0.05, 0.1) is 11.0 Å². The Kier molecular flexibility index (Phi) is 8.17. The van der Waals surface area contributed by atoms with Crippen LogP contribution in [0.4, 0.5) is 17.1 Å². The highest BCUT2D eigenvalue weighted by atomic mass is 16.3. The van der Waals surface area contributed by atoms with Crippen LogP contribution in [0.2, 0.25) is 0 Å².